The molecule has 0 saturated heterocycles. The first-order valence-corrected chi connectivity index (χ1v) is 7.05. The zero-order valence-electron chi connectivity index (χ0n) is 10.8. The SMILES string of the molecule is OC(c1ccc(F)cc1Br)c1cnnn1-c1ccccc1. The lowest BCUT2D eigenvalue weighted by Crippen LogP contribution is -2.09. The lowest BCUT2D eigenvalue weighted by molar-refractivity contribution is 0.211. The van der Waals surface area contributed by atoms with Crippen LogP contribution < -0.4 is 0 Å². The average Bonchev–Trinajstić information content (AvgIpc) is 2.97. The Morgan fingerprint density at radius 2 is 1.90 bits per heavy atom. The van der Waals surface area contributed by atoms with Gasteiger partial charge in [0.2, 0.25) is 0 Å². The van der Waals surface area contributed by atoms with Crippen molar-refractivity contribution in [1.82, 2.24) is 15.0 Å². The van der Waals surface area contributed by atoms with Crippen LogP contribution in [0.1, 0.15) is 17.4 Å². The molecule has 6 heteroatoms. The van der Waals surface area contributed by atoms with E-state index in [-0.39, 0.29) is 5.82 Å². The van der Waals surface area contributed by atoms with Crippen LogP contribution in [0, 0.1) is 5.82 Å². The molecule has 0 aliphatic carbocycles. The predicted octanol–water partition coefficient (Wildman–Crippen LogP) is 3.25. The van der Waals surface area contributed by atoms with Crippen LogP contribution in [0.5, 0.6) is 0 Å². The molecule has 1 heterocycles. The van der Waals surface area contributed by atoms with E-state index >= 15 is 0 Å². The maximum absolute atomic E-state index is 13.2. The van der Waals surface area contributed by atoms with Gasteiger partial charge in [-0.15, -0.1) is 5.10 Å². The smallest absolute Gasteiger partial charge is 0.124 e. The number of nitrogens with zero attached hydrogens (tertiary/aromatic N) is 3. The molecule has 1 unspecified atom stereocenters. The molecule has 1 N–H and O–H groups in total. The standard InChI is InChI=1S/C15H11BrFN3O/c16-13-8-10(17)6-7-12(13)15(21)14-9-18-19-20(14)11-4-2-1-3-5-11/h1-9,15,21H. The van der Waals surface area contributed by atoms with Crippen molar-refractivity contribution in [3.05, 3.63) is 76.3 Å². The number of para-hydroxylation sites is 1. The summed E-state index contributed by atoms with van der Waals surface area (Å²) in [6, 6.07) is 13.5. The summed E-state index contributed by atoms with van der Waals surface area (Å²) in [5, 5.41) is 18.4. The number of aromatic nitrogens is 3. The van der Waals surface area contributed by atoms with Crippen molar-refractivity contribution >= 4 is 15.9 Å². The van der Waals surface area contributed by atoms with Crippen molar-refractivity contribution in [3.63, 3.8) is 0 Å². The fourth-order valence-electron chi connectivity index (χ4n) is 2.08. The number of benzene rings is 2. The van der Waals surface area contributed by atoms with Gasteiger partial charge in [0.1, 0.15) is 11.9 Å². The fraction of sp³-hybridized carbons (Fsp3) is 0.0667. The Morgan fingerprint density at radius 3 is 2.62 bits per heavy atom. The van der Waals surface area contributed by atoms with Gasteiger partial charge in [0.05, 0.1) is 17.6 Å². The van der Waals surface area contributed by atoms with Gasteiger partial charge < -0.3 is 5.11 Å². The molecule has 2 aromatic carbocycles. The number of hydrogen-bond acceptors (Lipinski definition) is 3. The molecular formula is C15H11BrFN3O. The zero-order chi connectivity index (χ0) is 14.8. The molecule has 0 radical (unpaired) electrons. The fourth-order valence-corrected chi connectivity index (χ4v) is 2.65. The monoisotopic (exact) mass is 347 g/mol. The maximum atomic E-state index is 13.2. The van der Waals surface area contributed by atoms with Crippen molar-refractivity contribution in [2.24, 2.45) is 0 Å². The van der Waals surface area contributed by atoms with Gasteiger partial charge in [-0.3, -0.25) is 0 Å². The second-order valence-electron chi connectivity index (χ2n) is 4.47. The Hall–Kier alpha value is -2.05. The second-order valence-corrected chi connectivity index (χ2v) is 5.33. The minimum absolute atomic E-state index is 0.368. The lowest BCUT2D eigenvalue weighted by Gasteiger charge is -2.14. The molecule has 4 nitrogen and oxygen atoms in total. The highest BCUT2D eigenvalue weighted by atomic mass is 79.9. The third kappa shape index (κ3) is 2.72. The molecule has 1 atom stereocenters. The Balaban J connectivity index is 2.03. The van der Waals surface area contributed by atoms with Gasteiger partial charge in [-0.05, 0) is 24.3 Å². The highest BCUT2D eigenvalue weighted by Gasteiger charge is 2.19. The molecule has 106 valence electrons. The van der Waals surface area contributed by atoms with Crippen molar-refractivity contribution in [3.8, 4) is 5.69 Å². The minimum atomic E-state index is -0.963. The average molecular weight is 348 g/mol. The van der Waals surface area contributed by atoms with Gasteiger partial charge in [0, 0.05) is 10.0 Å². The topological polar surface area (TPSA) is 50.9 Å². The van der Waals surface area contributed by atoms with E-state index in [1.807, 2.05) is 30.3 Å². The van der Waals surface area contributed by atoms with E-state index in [1.165, 1.54) is 24.4 Å². The Morgan fingerprint density at radius 1 is 1.14 bits per heavy atom. The van der Waals surface area contributed by atoms with Crippen molar-refractivity contribution < 1.29 is 9.50 Å². The van der Waals surface area contributed by atoms with Gasteiger partial charge in [-0.2, -0.15) is 0 Å². The molecule has 0 amide bonds. The van der Waals surface area contributed by atoms with E-state index in [0.717, 1.165) is 5.69 Å². The van der Waals surface area contributed by atoms with Gasteiger partial charge >= 0.3 is 0 Å². The zero-order valence-corrected chi connectivity index (χ0v) is 12.4. The van der Waals surface area contributed by atoms with E-state index in [2.05, 4.69) is 26.2 Å². The number of hydrogen-bond donors (Lipinski definition) is 1. The number of aliphatic hydroxyl groups excluding tert-OH is 1. The van der Waals surface area contributed by atoms with Crippen LogP contribution in [0.2, 0.25) is 0 Å². The van der Waals surface area contributed by atoms with Gasteiger partial charge in [-0.1, -0.05) is 45.4 Å². The Labute approximate surface area is 129 Å². The third-order valence-electron chi connectivity index (χ3n) is 3.11. The summed E-state index contributed by atoms with van der Waals surface area (Å²) in [4.78, 5) is 0. The molecule has 0 spiro atoms. The number of aliphatic hydroxyl groups is 1. The summed E-state index contributed by atoms with van der Waals surface area (Å²) in [7, 11) is 0. The van der Waals surface area contributed by atoms with Gasteiger partial charge in [0.15, 0.2) is 0 Å². The Kier molecular flexibility index (Phi) is 3.81. The summed E-state index contributed by atoms with van der Waals surface area (Å²) < 4.78 is 15.2. The molecule has 0 aliphatic heterocycles. The Bertz CT molecular complexity index is 761. The van der Waals surface area contributed by atoms with Crippen molar-refractivity contribution in [2.75, 3.05) is 0 Å². The van der Waals surface area contributed by atoms with Crippen LogP contribution in [0.15, 0.2) is 59.2 Å². The molecule has 21 heavy (non-hydrogen) atoms. The van der Waals surface area contributed by atoms with E-state index in [1.54, 1.807) is 4.68 Å². The van der Waals surface area contributed by atoms with E-state index in [9.17, 15) is 9.50 Å². The molecule has 3 rings (SSSR count). The van der Waals surface area contributed by atoms with Crippen molar-refractivity contribution in [2.45, 2.75) is 6.10 Å². The van der Waals surface area contributed by atoms with Crippen LogP contribution >= 0.6 is 15.9 Å². The molecule has 1 aromatic heterocycles. The minimum Gasteiger partial charge on any atom is -0.382 e. The summed E-state index contributed by atoms with van der Waals surface area (Å²) in [5.41, 5.74) is 1.85. The normalized spacial score (nSPS) is 12.3. The van der Waals surface area contributed by atoms with Crippen LogP contribution in [0.3, 0.4) is 0 Å². The molecule has 0 bridgehead atoms. The summed E-state index contributed by atoms with van der Waals surface area (Å²) in [6.07, 6.45) is 0.531. The second kappa shape index (κ2) is 5.75. The van der Waals surface area contributed by atoms with Crippen LogP contribution in [0.25, 0.3) is 5.69 Å². The summed E-state index contributed by atoms with van der Waals surface area (Å²) in [6.45, 7) is 0. The van der Waals surface area contributed by atoms with E-state index in [4.69, 9.17) is 0 Å². The third-order valence-corrected chi connectivity index (χ3v) is 3.80. The van der Waals surface area contributed by atoms with Crippen LogP contribution in [0.4, 0.5) is 4.39 Å². The molecule has 0 aliphatic rings. The molecule has 0 fully saturated rings. The van der Waals surface area contributed by atoms with Crippen molar-refractivity contribution in [1.29, 1.82) is 0 Å². The summed E-state index contributed by atoms with van der Waals surface area (Å²) >= 11 is 3.26. The van der Waals surface area contributed by atoms with Gasteiger partial charge in [0.25, 0.3) is 0 Å². The molecule has 0 saturated carbocycles. The molecular weight excluding hydrogens is 337 g/mol. The lowest BCUT2D eigenvalue weighted by atomic mass is 10.1. The molecule has 3 aromatic rings. The van der Waals surface area contributed by atoms with E-state index in [0.29, 0.717) is 15.7 Å². The highest BCUT2D eigenvalue weighted by Crippen LogP contribution is 2.29. The van der Waals surface area contributed by atoms with Crippen LogP contribution in [-0.4, -0.2) is 20.1 Å². The van der Waals surface area contributed by atoms with Crippen LogP contribution in [-0.2, 0) is 0 Å². The number of halogens is 2. The first-order valence-electron chi connectivity index (χ1n) is 6.26. The quantitative estimate of drug-likeness (QED) is 0.791. The predicted molar refractivity (Wildman–Crippen MR) is 79.5 cm³/mol. The maximum Gasteiger partial charge on any atom is 0.124 e. The highest BCUT2D eigenvalue weighted by molar-refractivity contribution is 9.10. The number of rotatable bonds is 3. The largest absolute Gasteiger partial charge is 0.382 e. The summed E-state index contributed by atoms with van der Waals surface area (Å²) in [5.74, 6) is -0.368. The van der Waals surface area contributed by atoms with Gasteiger partial charge in [-0.25, -0.2) is 9.07 Å². The van der Waals surface area contributed by atoms with E-state index < -0.39 is 6.10 Å². The first kappa shape index (κ1) is 13.9. The first-order chi connectivity index (χ1) is 10.2.